The van der Waals surface area contributed by atoms with Crippen molar-refractivity contribution in [1.82, 2.24) is 0 Å². The highest BCUT2D eigenvalue weighted by atomic mass is 32.2. The summed E-state index contributed by atoms with van der Waals surface area (Å²) in [5.74, 6) is -1.67. The van der Waals surface area contributed by atoms with Gasteiger partial charge in [-0.25, -0.2) is 0 Å². The van der Waals surface area contributed by atoms with Gasteiger partial charge < -0.3 is 10.8 Å². The molecular formula is C13H19NO5S. The van der Waals surface area contributed by atoms with Gasteiger partial charge in [0.05, 0.1) is 5.75 Å². The largest absolute Gasteiger partial charge is 0.480 e. The topological polar surface area (TPSA) is 118 Å². The molecule has 0 saturated carbocycles. The number of carboxylic acid groups (broad SMARTS) is 1. The summed E-state index contributed by atoms with van der Waals surface area (Å²) in [5.41, 5.74) is 7.00. The van der Waals surface area contributed by atoms with E-state index in [0.717, 1.165) is 11.1 Å². The second-order valence-electron chi connectivity index (χ2n) is 4.74. The second-order valence-corrected chi connectivity index (χ2v) is 6.24. The maximum Gasteiger partial charge on any atom is 0.320 e. The number of benzene rings is 1. The van der Waals surface area contributed by atoms with Gasteiger partial charge in [-0.1, -0.05) is 31.2 Å². The molecule has 0 heterocycles. The van der Waals surface area contributed by atoms with Crippen LogP contribution in [0.25, 0.3) is 0 Å². The van der Waals surface area contributed by atoms with Gasteiger partial charge in [0.1, 0.15) is 6.04 Å². The highest BCUT2D eigenvalue weighted by Gasteiger charge is 2.17. The van der Waals surface area contributed by atoms with E-state index in [0.29, 0.717) is 6.42 Å². The zero-order valence-corrected chi connectivity index (χ0v) is 12.0. The van der Waals surface area contributed by atoms with Crippen molar-refractivity contribution in [3.05, 3.63) is 35.4 Å². The van der Waals surface area contributed by atoms with E-state index in [-0.39, 0.29) is 18.1 Å². The SMILES string of the molecule is CCC(CS(=O)(=O)O)c1ccc(CC(N)C(=O)O)cc1. The van der Waals surface area contributed by atoms with Gasteiger partial charge in [-0.2, -0.15) is 8.42 Å². The van der Waals surface area contributed by atoms with Gasteiger partial charge in [-0.05, 0) is 29.9 Å². The summed E-state index contributed by atoms with van der Waals surface area (Å²) in [7, 11) is -4.02. The first-order valence-corrected chi connectivity index (χ1v) is 7.86. The van der Waals surface area contributed by atoms with Crippen LogP contribution in [0.4, 0.5) is 0 Å². The molecule has 7 heteroatoms. The maximum absolute atomic E-state index is 10.9. The number of rotatable bonds is 7. The van der Waals surface area contributed by atoms with Crippen molar-refractivity contribution in [1.29, 1.82) is 0 Å². The third kappa shape index (κ3) is 5.28. The molecular weight excluding hydrogens is 282 g/mol. The summed E-state index contributed by atoms with van der Waals surface area (Å²) in [5, 5.41) is 8.73. The monoisotopic (exact) mass is 301 g/mol. The first kappa shape index (κ1) is 16.6. The third-order valence-electron chi connectivity index (χ3n) is 3.13. The minimum absolute atomic E-state index is 0.213. The Balaban J connectivity index is 2.81. The van der Waals surface area contributed by atoms with Crippen LogP contribution >= 0.6 is 0 Å². The molecule has 2 unspecified atom stereocenters. The van der Waals surface area contributed by atoms with E-state index in [1.54, 1.807) is 24.3 Å². The smallest absolute Gasteiger partial charge is 0.320 e. The molecule has 1 rings (SSSR count). The molecule has 0 aromatic heterocycles. The first-order valence-electron chi connectivity index (χ1n) is 6.25. The first-order chi connectivity index (χ1) is 9.23. The van der Waals surface area contributed by atoms with Crippen LogP contribution in [0.5, 0.6) is 0 Å². The van der Waals surface area contributed by atoms with E-state index in [1.165, 1.54) is 0 Å². The maximum atomic E-state index is 10.9. The van der Waals surface area contributed by atoms with Crippen LogP contribution < -0.4 is 5.73 Å². The fraction of sp³-hybridized carbons (Fsp3) is 0.462. The molecule has 0 amide bonds. The quantitative estimate of drug-likeness (QED) is 0.647. The zero-order chi connectivity index (χ0) is 15.3. The van der Waals surface area contributed by atoms with Crippen LogP contribution in [-0.4, -0.2) is 35.8 Å². The fourth-order valence-electron chi connectivity index (χ4n) is 1.97. The Morgan fingerprint density at radius 3 is 2.25 bits per heavy atom. The van der Waals surface area contributed by atoms with Crippen LogP contribution in [0.1, 0.15) is 30.4 Å². The molecule has 0 spiro atoms. The Kier molecular flexibility index (Phi) is 5.67. The average molecular weight is 301 g/mol. The van der Waals surface area contributed by atoms with Gasteiger partial charge >= 0.3 is 5.97 Å². The van der Waals surface area contributed by atoms with Crippen LogP contribution in [0.15, 0.2) is 24.3 Å². The molecule has 2 atom stereocenters. The number of hydrogen-bond donors (Lipinski definition) is 3. The Hall–Kier alpha value is -1.44. The summed E-state index contributed by atoms with van der Waals surface area (Å²) in [4.78, 5) is 10.7. The van der Waals surface area contributed by atoms with Crippen molar-refractivity contribution < 1.29 is 22.9 Å². The van der Waals surface area contributed by atoms with Crippen molar-refractivity contribution in [2.45, 2.75) is 31.7 Å². The summed E-state index contributed by atoms with van der Waals surface area (Å²) in [6, 6.07) is 5.97. The second kappa shape index (κ2) is 6.83. The van der Waals surface area contributed by atoms with Gasteiger partial charge in [0, 0.05) is 0 Å². The van der Waals surface area contributed by atoms with Gasteiger partial charge in [-0.3, -0.25) is 9.35 Å². The van der Waals surface area contributed by atoms with Gasteiger partial charge in [0.15, 0.2) is 0 Å². The highest BCUT2D eigenvalue weighted by molar-refractivity contribution is 7.85. The summed E-state index contributed by atoms with van der Waals surface area (Å²) >= 11 is 0. The van der Waals surface area contributed by atoms with E-state index in [4.69, 9.17) is 15.4 Å². The van der Waals surface area contributed by atoms with Crippen molar-refractivity contribution in [2.75, 3.05) is 5.75 Å². The molecule has 6 nitrogen and oxygen atoms in total. The predicted molar refractivity (Wildman–Crippen MR) is 75.2 cm³/mol. The van der Waals surface area contributed by atoms with Crippen molar-refractivity contribution in [3.8, 4) is 0 Å². The lowest BCUT2D eigenvalue weighted by molar-refractivity contribution is -0.138. The minimum Gasteiger partial charge on any atom is -0.480 e. The molecule has 0 bridgehead atoms. The summed E-state index contributed by atoms with van der Waals surface area (Å²) in [6.45, 7) is 1.84. The Labute approximate surface area is 118 Å². The van der Waals surface area contributed by atoms with E-state index in [2.05, 4.69) is 0 Å². The molecule has 112 valence electrons. The highest BCUT2D eigenvalue weighted by Crippen LogP contribution is 2.22. The molecule has 0 aliphatic carbocycles. The number of carbonyl (C=O) groups is 1. The van der Waals surface area contributed by atoms with Crippen molar-refractivity contribution in [3.63, 3.8) is 0 Å². The third-order valence-corrected chi connectivity index (χ3v) is 3.95. The molecule has 0 fully saturated rings. The number of aliphatic carboxylic acids is 1. The molecule has 0 aliphatic heterocycles. The van der Waals surface area contributed by atoms with Crippen molar-refractivity contribution >= 4 is 16.1 Å². The van der Waals surface area contributed by atoms with Crippen LogP contribution in [0, 0.1) is 0 Å². The van der Waals surface area contributed by atoms with E-state index in [9.17, 15) is 13.2 Å². The van der Waals surface area contributed by atoms with Crippen LogP contribution in [-0.2, 0) is 21.3 Å². The van der Waals surface area contributed by atoms with Gasteiger partial charge in [0.25, 0.3) is 10.1 Å². The van der Waals surface area contributed by atoms with Crippen molar-refractivity contribution in [2.24, 2.45) is 5.73 Å². The zero-order valence-electron chi connectivity index (χ0n) is 11.2. The standard InChI is InChI=1S/C13H19NO5S/c1-2-10(8-20(17,18)19)11-5-3-9(4-6-11)7-12(14)13(15)16/h3-6,10,12H,2,7-8,14H2,1H3,(H,15,16)(H,17,18,19). The molecule has 4 N–H and O–H groups in total. The van der Waals surface area contributed by atoms with Gasteiger partial charge in [0.2, 0.25) is 0 Å². The molecule has 1 aromatic carbocycles. The Morgan fingerprint density at radius 1 is 1.30 bits per heavy atom. The predicted octanol–water partition coefficient (Wildman–Crippen LogP) is 1.02. The number of hydrogen-bond acceptors (Lipinski definition) is 4. The van der Waals surface area contributed by atoms with Crippen LogP contribution in [0.3, 0.4) is 0 Å². The summed E-state index contributed by atoms with van der Waals surface area (Å²) < 4.78 is 30.8. The van der Waals surface area contributed by atoms with Crippen LogP contribution in [0.2, 0.25) is 0 Å². The molecule has 0 radical (unpaired) electrons. The minimum atomic E-state index is -4.02. The lowest BCUT2D eigenvalue weighted by atomic mass is 9.96. The Morgan fingerprint density at radius 2 is 1.85 bits per heavy atom. The molecule has 20 heavy (non-hydrogen) atoms. The molecule has 0 saturated heterocycles. The number of nitrogens with two attached hydrogens (primary N) is 1. The molecule has 1 aromatic rings. The van der Waals surface area contributed by atoms with E-state index >= 15 is 0 Å². The van der Waals surface area contributed by atoms with Gasteiger partial charge in [-0.15, -0.1) is 0 Å². The average Bonchev–Trinajstić information content (AvgIpc) is 2.35. The van der Waals surface area contributed by atoms with E-state index in [1.807, 2.05) is 6.92 Å². The molecule has 0 aliphatic rings. The Bertz CT molecular complexity index is 553. The van der Waals surface area contributed by atoms with E-state index < -0.39 is 22.1 Å². The normalized spacial score (nSPS) is 14.8. The lowest BCUT2D eigenvalue weighted by Gasteiger charge is -2.14. The lowest BCUT2D eigenvalue weighted by Crippen LogP contribution is -2.32. The summed E-state index contributed by atoms with van der Waals surface area (Å²) in [6.07, 6.45) is 0.790. The fourth-order valence-corrected chi connectivity index (χ4v) is 2.91. The number of carboxylic acids is 1.